The smallest absolute Gasteiger partial charge is 0.0571 e. The molecule has 134 valence electrons. The second-order valence-corrected chi connectivity index (χ2v) is 7.39. The predicted octanol–water partition coefficient (Wildman–Crippen LogP) is 7.54. The Hall–Kier alpha value is -3.06. The van der Waals surface area contributed by atoms with Crippen molar-refractivity contribution in [2.75, 3.05) is 4.90 Å². The van der Waals surface area contributed by atoms with Crippen LogP contribution in [0.5, 0.6) is 0 Å². The first-order chi connectivity index (χ1) is 13.0. The lowest BCUT2D eigenvalue weighted by Crippen LogP contribution is -2.12. The molecule has 0 unspecified atom stereocenters. The van der Waals surface area contributed by atoms with E-state index in [4.69, 9.17) is 0 Å². The van der Waals surface area contributed by atoms with Crippen LogP contribution < -0.4 is 4.90 Å². The largest absolute Gasteiger partial charge is 0.310 e. The minimum absolute atomic E-state index is 1.18. The number of hydrogen-bond donors (Lipinski definition) is 0. The molecule has 4 aromatic rings. The Morgan fingerprint density at radius 2 is 1.11 bits per heavy atom. The van der Waals surface area contributed by atoms with Gasteiger partial charge in [0.05, 0.1) is 5.69 Å². The molecule has 1 heteroatoms. The molecule has 0 aliphatic rings. The monoisotopic (exact) mass is 351 g/mol. The van der Waals surface area contributed by atoms with Crippen molar-refractivity contribution in [2.45, 2.75) is 27.7 Å². The van der Waals surface area contributed by atoms with Crippen LogP contribution in [-0.2, 0) is 0 Å². The first-order valence-electron chi connectivity index (χ1n) is 9.47. The van der Waals surface area contributed by atoms with E-state index in [0.717, 1.165) is 0 Å². The molecule has 0 saturated heterocycles. The van der Waals surface area contributed by atoms with E-state index in [-0.39, 0.29) is 0 Å². The first kappa shape index (κ1) is 17.4. The van der Waals surface area contributed by atoms with E-state index >= 15 is 0 Å². The summed E-state index contributed by atoms with van der Waals surface area (Å²) in [4.78, 5) is 2.39. The van der Waals surface area contributed by atoms with E-state index in [0.29, 0.717) is 0 Å². The van der Waals surface area contributed by atoms with E-state index < -0.39 is 0 Å². The summed E-state index contributed by atoms with van der Waals surface area (Å²) >= 11 is 0. The highest BCUT2D eigenvalue weighted by Crippen LogP contribution is 2.42. The standard InChI is InChI=1S/C26H25N/c1-18-9-13-23(14-10-18)27(24-15-11-19(2)12-16-24)26-21(4)20(3)17-22-7-5-6-8-25(22)26/h5-17H,1-4H3. The van der Waals surface area contributed by atoms with Crippen molar-refractivity contribution in [1.29, 1.82) is 0 Å². The SMILES string of the molecule is Cc1ccc(N(c2ccc(C)cc2)c2c(C)c(C)cc3ccccc23)cc1. The molecule has 0 aromatic heterocycles. The van der Waals surface area contributed by atoms with Crippen LogP contribution in [0.25, 0.3) is 10.8 Å². The van der Waals surface area contributed by atoms with Crippen molar-refractivity contribution < 1.29 is 0 Å². The Balaban J connectivity index is 2.05. The Labute approximate surface area is 161 Å². The molecule has 0 radical (unpaired) electrons. The van der Waals surface area contributed by atoms with Gasteiger partial charge in [-0.2, -0.15) is 0 Å². The van der Waals surface area contributed by atoms with Gasteiger partial charge < -0.3 is 4.90 Å². The van der Waals surface area contributed by atoms with Crippen LogP contribution in [0.15, 0.2) is 78.9 Å². The Morgan fingerprint density at radius 3 is 1.67 bits per heavy atom. The van der Waals surface area contributed by atoms with Gasteiger partial charge in [0.1, 0.15) is 0 Å². The zero-order valence-corrected chi connectivity index (χ0v) is 16.5. The highest BCUT2D eigenvalue weighted by Gasteiger charge is 2.18. The molecule has 0 saturated carbocycles. The number of aryl methyl sites for hydroxylation is 3. The molecule has 4 aromatic carbocycles. The van der Waals surface area contributed by atoms with Gasteiger partial charge in [0.25, 0.3) is 0 Å². The lowest BCUT2D eigenvalue weighted by molar-refractivity contribution is 1.23. The highest BCUT2D eigenvalue weighted by atomic mass is 15.1. The summed E-state index contributed by atoms with van der Waals surface area (Å²) in [5.41, 5.74) is 8.80. The first-order valence-corrected chi connectivity index (χ1v) is 9.47. The van der Waals surface area contributed by atoms with Crippen molar-refractivity contribution in [1.82, 2.24) is 0 Å². The molecule has 0 spiro atoms. The molecule has 0 amide bonds. The maximum absolute atomic E-state index is 2.39. The van der Waals surface area contributed by atoms with Crippen LogP contribution in [0.4, 0.5) is 17.1 Å². The van der Waals surface area contributed by atoms with Gasteiger partial charge in [0.2, 0.25) is 0 Å². The normalized spacial score (nSPS) is 11.0. The van der Waals surface area contributed by atoms with E-state index in [2.05, 4.69) is 111 Å². The number of hydrogen-bond acceptors (Lipinski definition) is 1. The average molecular weight is 351 g/mol. The molecule has 0 bridgehead atoms. The summed E-state index contributed by atoms with van der Waals surface area (Å²) < 4.78 is 0. The maximum atomic E-state index is 2.39. The van der Waals surface area contributed by atoms with Crippen molar-refractivity contribution in [3.8, 4) is 0 Å². The number of rotatable bonds is 3. The van der Waals surface area contributed by atoms with Gasteiger partial charge in [-0.1, -0.05) is 65.7 Å². The van der Waals surface area contributed by atoms with Crippen molar-refractivity contribution >= 4 is 27.8 Å². The van der Waals surface area contributed by atoms with Gasteiger partial charge in [-0.15, -0.1) is 0 Å². The van der Waals surface area contributed by atoms with E-state index in [1.807, 2.05) is 0 Å². The fraction of sp³-hybridized carbons (Fsp3) is 0.154. The fourth-order valence-electron chi connectivity index (χ4n) is 3.65. The molecule has 27 heavy (non-hydrogen) atoms. The molecule has 0 aliphatic carbocycles. The van der Waals surface area contributed by atoms with Gasteiger partial charge in [0.15, 0.2) is 0 Å². The van der Waals surface area contributed by atoms with Crippen LogP contribution in [-0.4, -0.2) is 0 Å². The summed E-state index contributed by atoms with van der Waals surface area (Å²) in [5.74, 6) is 0. The summed E-state index contributed by atoms with van der Waals surface area (Å²) in [7, 11) is 0. The van der Waals surface area contributed by atoms with Crippen LogP contribution in [0.1, 0.15) is 22.3 Å². The van der Waals surface area contributed by atoms with E-state index in [9.17, 15) is 0 Å². The highest BCUT2D eigenvalue weighted by molar-refractivity contribution is 6.01. The topological polar surface area (TPSA) is 3.24 Å². The molecule has 0 fully saturated rings. The average Bonchev–Trinajstić information content (AvgIpc) is 2.67. The quantitative estimate of drug-likeness (QED) is 0.368. The van der Waals surface area contributed by atoms with Crippen LogP contribution >= 0.6 is 0 Å². The van der Waals surface area contributed by atoms with Crippen LogP contribution in [0, 0.1) is 27.7 Å². The van der Waals surface area contributed by atoms with Crippen molar-refractivity contribution in [3.63, 3.8) is 0 Å². The summed E-state index contributed by atoms with van der Waals surface area (Å²) in [5, 5.41) is 2.56. The Morgan fingerprint density at radius 1 is 0.593 bits per heavy atom. The van der Waals surface area contributed by atoms with Gasteiger partial charge in [-0.3, -0.25) is 0 Å². The molecule has 4 rings (SSSR count). The molecule has 1 nitrogen and oxygen atoms in total. The Kier molecular flexibility index (Phi) is 4.45. The van der Waals surface area contributed by atoms with E-state index in [1.165, 1.54) is 50.1 Å². The zero-order chi connectivity index (χ0) is 19.0. The minimum atomic E-state index is 1.18. The van der Waals surface area contributed by atoms with Crippen LogP contribution in [0.2, 0.25) is 0 Å². The van der Waals surface area contributed by atoms with Crippen molar-refractivity contribution in [3.05, 3.63) is 101 Å². The molecule has 0 N–H and O–H groups in total. The summed E-state index contributed by atoms with van der Waals surface area (Å²) in [6, 6.07) is 28.6. The van der Waals surface area contributed by atoms with Crippen molar-refractivity contribution in [2.24, 2.45) is 0 Å². The summed E-state index contributed by atoms with van der Waals surface area (Å²) in [6.07, 6.45) is 0. The number of anilines is 3. The van der Waals surface area contributed by atoms with Gasteiger partial charge in [-0.05, 0) is 68.5 Å². The third-order valence-corrected chi connectivity index (χ3v) is 5.34. The van der Waals surface area contributed by atoms with Gasteiger partial charge >= 0.3 is 0 Å². The summed E-state index contributed by atoms with van der Waals surface area (Å²) in [6.45, 7) is 8.70. The van der Waals surface area contributed by atoms with Gasteiger partial charge in [0, 0.05) is 16.8 Å². The molecule has 0 aliphatic heterocycles. The van der Waals surface area contributed by atoms with Crippen LogP contribution in [0.3, 0.4) is 0 Å². The third kappa shape index (κ3) is 3.21. The number of fused-ring (bicyclic) bond motifs is 1. The lowest BCUT2D eigenvalue weighted by Gasteiger charge is -2.29. The number of nitrogens with zero attached hydrogens (tertiary/aromatic N) is 1. The third-order valence-electron chi connectivity index (χ3n) is 5.34. The molecular formula is C26H25N. The number of benzene rings is 4. The molecular weight excluding hydrogens is 326 g/mol. The molecule has 0 atom stereocenters. The Bertz CT molecular complexity index is 1040. The molecule has 0 heterocycles. The predicted molar refractivity (Wildman–Crippen MR) is 118 cm³/mol. The second kappa shape index (κ2) is 6.92. The minimum Gasteiger partial charge on any atom is -0.310 e. The second-order valence-electron chi connectivity index (χ2n) is 7.39. The fourth-order valence-corrected chi connectivity index (χ4v) is 3.65. The zero-order valence-electron chi connectivity index (χ0n) is 16.5. The van der Waals surface area contributed by atoms with Gasteiger partial charge in [-0.25, -0.2) is 0 Å². The van der Waals surface area contributed by atoms with E-state index in [1.54, 1.807) is 0 Å². The maximum Gasteiger partial charge on any atom is 0.0571 e. The lowest BCUT2D eigenvalue weighted by atomic mass is 9.98.